The van der Waals surface area contributed by atoms with Gasteiger partial charge in [-0.1, -0.05) is 23.2 Å². The minimum Gasteiger partial charge on any atom is -0.335 e. The average Bonchev–Trinajstić information content (AvgIpc) is 2.53. The summed E-state index contributed by atoms with van der Waals surface area (Å²) in [6.07, 6.45) is 0.960. The highest BCUT2D eigenvalue weighted by Gasteiger charge is 2.24. The number of hydrogen-bond acceptors (Lipinski definition) is 2. The zero-order valence-corrected chi connectivity index (χ0v) is 11.8. The van der Waals surface area contributed by atoms with E-state index in [1.807, 2.05) is 11.8 Å². The van der Waals surface area contributed by atoms with Gasteiger partial charge in [0, 0.05) is 24.2 Å². The number of amides is 1. The molecule has 18 heavy (non-hydrogen) atoms. The van der Waals surface area contributed by atoms with Crippen LogP contribution in [0.5, 0.6) is 0 Å². The van der Waals surface area contributed by atoms with Gasteiger partial charge in [-0.3, -0.25) is 4.79 Å². The first-order valence-corrected chi connectivity index (χ1v) is 6.82. The van der Waals surface area contributed by atoms with Gasteiger partial charge in [0.2, 0.25) is 0 Å². The maximum atomic E-state index is 12.5. The van der Waals surface area contributed by atoms with Crippen molar-refractivity contribution in [2.24, 2.45) is 0 Å². The summed E-state index contributed by atoms with van der Waals surface area (Å²) in [5, 5.41) is 4.27. The monoisotopic (exact) mass is 286 g/mol. The van der Waals surface area contributed by atoms with Crippen molar-refractivity contribution in [2.75, 3.05) is 19.6 Å². The van der Waals surface area contributed by atoms with E-state index in [4.69, 9.17) is 23.2 Å². The molecular formula is C13H16Cl2N2O. The van der Waals surface area contributed by atoms with E-state index in [1.54, 1.807) is 18.2 Å². The van der Waals surface area contributed by atoms with Gasteiger partial charge in [0.1, 0.15) is 0 Å². The van der Waals surface area contributed by atoms with Gasteiger partial charge >= 0.3 is 0 Å². The van der Waals surface area contributed by atoms with Crippen molar-refractivity contribution in [2.45, 2.75) is 19.4 Å². The number of nitrogens with zero attached hydrogens (tertiary/aromatic N) is 1. The van der Waals surface area contributed by atoms with Gasteiger partial charge in [-0.2, -0.15) is 0 Å². The molecule has 1 aromatic carbocycles. The van der Waals surface area contributed by atoms with Gasteiger partial charge in [-0.05, 0) is 38.1 Å². The summed E-state index contributed by atoms with van der Waals surface area (Å²) in [5.74, 6) is -0.0205. The van der Waals surface area contributed by atoms with Gasteiger partial charge < -0.3 is 10.2 Å². The molecule has 0 aliphatic carbocycles. The quantitative estimate of drug-likeness (QED) is 0.861. The summed E-state index contributed by atoms with van der Waals surface area (Å²) in [7, 11) is 0. The summed E-state index contributed by atoms with van der Waals surface area (Å²) in [6, 6.07) is 5.17. The van der Waals surface area contributed by atoms with Gasteiger partial charge in [0.25, 0.3) is 5.91 Å². The molecular weight excluding hydrogens is 271 g/mol. The second kappa shape index (κ2) is 5.91. The van der Waals surface area contributed by atoms with Crippen LogP contribution in [0.15, 0.2) is 18.2 Å². The summed E-state index contributed by atoms with van der Waals surface area (Å²) in [4.78, 5) is 14.3. The normalized spacial score (nSPS) is 20.6. The number of benzene rings is 1. The fourth-order valence-electron chi connectivity index (χ4n) is 2.14. The molecule has 1 atom stereocenters. The maximum absolute atomic E-state index is 12.5. The van der Waals surface area contributed by atoms with Crippen LogP contribution >= 0.6 is 23.2 Å². The highest BCUT2D eigenvalue weighted by Crippen LogP contribution is 2.23. The van der Waals surface area contributed by atoms with Crippen LogP contribution in [0.1, 0.15) is 23.7 Å². The Morgan fingerprint density at radius 1 is 1.44 bits per heavy atom. The third-order valence-corrected chi connectivity index (χ3v) is 3.69. The molecule has 1 unspecified atom stereocenters. The van der Waals surface area contributed by atoms with Crippen LogP contribution in [0.4, 0.5) is 0 Å². The number of carbonyl (C=O) groups excluding carboxylic acids is 1. The summed E-state index contributed by atoms with van der Waals surface area (Å²) >= 11 is 11.9. The molecule has 1 aliphatic heterocycles. The molecule has 1 aliphatic rings. The number of carbonyl (C=O) groups is 1. The lowest BCUT2D eigenvalue weighted by molar-refractivity contribution is 0.0707. The number of nitrogens with one attached hydrogen (secondary N) is 1. The van der Waals surface area contributed by atoms with E-state index < -0.39 is 0 Å². The van der Waals surface area contributed by atoms with E-state index in [0.717, 1.165) is 26.1 Å². The Morgan fingerprint density at radius 3 is 2.94 bits per heavy atom. The molecule has 3 nitrogen and oxygen atoms in total. The molecule has 1 aromatic rings. The molecule has 0 saturated carbocycles. The van der Waals surface area contributed by atoms with Crippen molar-refractivity contribution in [3.63, 3.8) is 0 Å². The highest BCUT2D eigenvalue weighted by atomic mass is 35.5. The topological polar surface area (TPSA) is 32.3 Å². The molecule has 0 aromatic heterocycles. The van der Waals surface area contributed by atoms with Crippen LogP contribution in [-0.2, 0) is 0 Å². The van der Waals surface area contributed by atoms with Crippen molar-refractivity contribution >= 4 is 29.1 Å². The van der Waals surface area contributed by atoms with Crippen molar-refractivity contribution in [3.8, 4) is 0 Å². The van der Waals surface area contributed by atoms with E-state index in [-0.39, 0.29) is 11.9 Å². The molecule has 0 spiro atoms. The van der Waals surface area contributed by atoms with Gasteiger partial charge in [0.05, 0.1) is 10.6 Å². The molecule has 0 radical (unpaired) electrons. The first-order chi connectivity index (χ1) is 8.59. The number of rotatable bonds is 1. The first-order valence-electron chi connectivity index (χ1n) is 6.06. The van der Waals surface area contributed by atoms with Gasteiger partial charge in [0.15, 0.2) is 0 Å². The number of halogens is 2. The lowest BCUT2D eigenvalue weighted by Gasteiger charge is -2.27. The van der Waals surface area contributed by atoms with Crippen LogP contribution < -0.4 is 5.32 Å². The minimum atomic E-state index is -0.0205. The molecule has 98 valence electrons. The molecule has 2 rings (SSSR count). The summed E-state index contributed by atoms with van der Waals surface area (Å²) < 4.78 is 0. The van der Waals surface area contributed by atoms with Crippen LogP contribution in [0.25, 0.3) is 0 Å². The van der Waals surface area contributed by atoms with Crippen molar-refractivity contribution in [1.29, 1.82) is 0 Å². The van der Waals surface area contributed by atoms with Crippen LogP contribution in [0, 0.1) is 0 Å². The van der Waals surface area contributed by atoms with E-state index in [0.29, 0.717) is 15.6 Å². The SMILES string of the molecule is CC1CNCCCN1C(=O)c1ccc(Cl)cc1Cl. The van der Waals surface area contributed by atoms with Crippen LogP contribution in [-0.4, -0.2) is 36.5 Å². The maximum Gasteiger partial charge on any atom is 0.255 e. The predicted octanol–water partition coefficient (Wildman–Crippen LogP) is 2.82. The fourth-order valence-corrected chi connectivity index (χ4v) is 2.62. The largest absolute Gasteiger partial charge is 0.335 e. The van der Waals surface area contributed by atoms with E-state index in [1.165, 1.54) is 0 Å². The summed E-state index contributed by atoms with van der Waals surface area (Å²) in [5.41, 5.74) is 0.523. The predicted molar refractivity (Wildman–Crippen MR) is 74.4 cm³/mol. The van der Waals surface area contributed by atoms with Crippen molar-refractivity contribution < 1.29 is 4.79 Å². The Kier molecular flexibility index (Phi) is 4.49. The first kappa shape index (κ1) is 13.7. The molecule has 1 amide bonds. The molecule has 1 fully saturated rings. The van der Waals surface area contributed by atoms with Crippen LogP contribution in [0.3, 0.4) is 0 Å². The second-order valence-electron chi connectivity index (χ2n) is 4.53. The van der Waals surface area contributed by atoms with Crippen molar-refractivity contribution in [1.82, 2.24) is 10.2 Å². The second-order valence-corrected chi connectivity index (χ2v) is 5.37. The van der Waals surface area contributed by atoms with E-state index in [9.17, 15) is 4.79 Å². The standard InChI is InChI=1S/C13H16Cl2N2O/c1-9-8-16-5-2-6-17(9)13(18)11-4-3-10(14)7-12(11)15/h3-4,7,9,16H,2,5-6,8H2,1H3. The average molecular weight is 287 g/mol. The number of hydrogen-bond donors (Lipinski definition) is 1. The minimum absolute atomic E-state index is 0.0205. The summed E-state index contributed by atoms with van der Waals surface area (Å²) in [6.45, 7) is 4.56. The molecule has 1 heterocycles. The zero-order valence-electron chi connectivity index (χ0n) is 10.2. The molecule has 0 bridgehead atoms. The Hall–Kier alpha value is -0.770. The van der Waals surface area contributed by atoms with Gasteiger partial charge in [-0.25, -0.2) is 0 Å². The fraction of sp³-hybridized carbons (Fsp3) is 0.462. The van der Waals surface area contributed by atoms with Gasteiger partial charge in [-0.15, -0.1) is 0 Å². The van der Waals surface area contributed by atoms with E-state index >= 15 is 0 Å². The molecule has 1 saturated heterocycles. The van der Waals surface area contributed by atoms with Crippen molar-refractivity contribution in [3.05, 3.63) is 33.8 Å². The van der Waals surface area contributed by atoms with E-state index in [2.05, 4.69) is 5.32 Å². The Labute approximate surface area is 117 Å². The molecule has 1 N–H and O–H groups in total. The lowest BCUT2D eigenvalue weighted by atomic mass is 10.1. The smallest absolute Gasteiger partial charge is 0.255 e. The lowest BCUT2D eigenvalue weighted by Crippen LogP contribution is -2.41. The third-order valence-electron chi connectivity index (χ3n) is 3.15. The zero-order chi connectivity index (χ0) is 13.1. The Bertz CT molecular complexity index is 451. The third kappa shape index (κ3) is 2.97. The molecule has 5 heteroatoms. The Balaban J connectivity index is 2.23. The Morgan fingerprint density at radius 2 is 2.22 bits per heavy atom. The van der Waals surface area contributed by atoms with Crippen LogP contribution in [0.2, 0.25) is 10.0 Å². The highest BCUT2D eigenvalue weighted by molar-refractivity contribution is 6.36.